The molecule has 3 rings (SSSR count). The van der Waals surface area contributed by atoms with Gasteiger partial charge in [-0.3, -0.25) is 9.59 Å². The van der Waals surface area contributed by atoms with Crippen LogP contribution in [0.15, 0.2) is 42.7 Å². The number of esters is 1. The number of nitrogens with one attached hydrogen (secondary N) is 1. The van der Waals surface area contributed by atoms with Gasteiger partial charge in [0.15, 0.2) is 5.69 Å². The Labute approximate surface area is 155 Å². The van der Waals surface area contributed by atoms with Gasteiger partial charge in [0.25, 0.3) is 5.91 Å². The van der Waals surface area contributed by atoms with E-state index in [1.807, 2.05) is 30.3 Å². The largest absolute Gasteiger partial charge is 0.464 e. The summed E-state index contributed by atoms with van der Waals surface area (Å²) in [6.07, 6.45) is 3.27. The van der Waals surface area contributed by atoms with Crippen molar-refractivity contribution in [3.8, 4) is 0 Å². The summed E-state index contributed by atoms with van der Waals surface area (Å²) >= 11 is 0. The van der Waals surface area contributed by atoms with Gasteiger partial charge in [-0.25, -0.2) is 9.36 Å². The lowest BCUT2D eigenvalue weighted by molar-refractivity contribution is -0.141. The molecule has 0 atom stereocenters. The third kappa shape index (κ3) is 5.46. The highest BCUT2D eigenvalue weighted by Crippen LogP contribution is 2.02. The predicted octanol–water partition coefficient (Wildman–Crippen LogP) is 0.411. The van der Waals surface area contributed by atoms with Crippen LogP contribution in [0.25, 0.3) is 0 Å². The van der Waals surface area contributed by atoms with Crippen LogP contribution in [-0.4, -0.2) is 48.5 Å². The van der Waals surface area contributed by atoms with Crippen LogP contribution in [-0.2, 0) is 29.2 Å². The monoisotopic (exact) mass is 369 g/mol. The van der Waals surface area contributed by atoms with Crippen LogP contribution in [0.4, 0.5) is 0 Å². The first kappa shape index (κ1) is 18.2. The molecule has 140 valence electrons. The zero-order valence-corrected chi connectivity index (χ0v) is 14.8. The lowest BCUT2D eigenvalue weighted by Gasteiger charge is -2.01. The molecule has 0 fully saturated rings. The van der Waals surface area contributed by atoms with Crippen LogP contribution in [0.5, 0.6) is 0 Å². The average Bonchev–Trinajstić information content (AvgIpc) is 3.30. The fourth-order valence-corrected chi connectivity index (χ4v) is 2.32. The summed E-state index contributed by atoms with van der Waals surface area (Å²) < 4.78 is 7.99. The number of amides is 1. The first-order chi connectivity index (χ1) is 13.1. The molecule has 10 heteroatoms. The Kier molecular flexibility index (Phi) is 5.87. The smallest absolute Gasteiger partial charge is 0.302 e. The van der Waals surface area contributed by atoms with Crippen molar-refractivity contribution in [1.82, 2.24) is 35.3 Å². The Hall–Kier alpha value is -3.56. The fourth-order valence-electron chi connectivity index (χ4n) is 2.32. The van der Waals surface area contributed by atoms with Crippen molar-refractivity contribution in [2.75, 3.05) is 6.61 Å². The number of hydrogen-bond donors (Lipinski definition) is 1. The van der Waals surface area contributed by atoms with Gasteiger partial charge in [-0.1, -0.05) is 40.8 Å². The molecule has 0 aliphatic heterocycles. The second-order valence-electron chi connectivity index (χ2n) is 5.78. The number of nitrogens with zero attached hydrogens (tertiary/aromatic N) is 6. The SMILES string of the molecule is CC(=O)OCCn1cc(CNC(=O)c2cn(Cc3ccccc3)nn2)nn1. The van der Waals surface area contributed by atoms with Crippen molar-refractivity contribution < 1.29 is 14.3 Å². The Morgan fingerprint density at radius 1 is 1.07 bits per heavy atom. The second kappa shape index (κ2) is 8.70. The van der Waals surface area contributed by atoms with Gasteiger partial charge in [0, 0.05) is 6.92 Å². The maximum Gasteiger partial charge on any atom is 0.302 e. The van der Waals surface area contributed by atoms with Crippen molar-refractivity contribution in [3.05, 3.63) is 59.7 Å². The fraction of sp³-hybridized carbons (Fsp3) is 0.294. The molecule has 0 aliphatic carbocycles. The third-order valence-electron chi connectivity index (χ3n) is 3.60. The van der Waals surface area contributed by atoms with E-state index in [0.29, 0.717) is 18.8 Å². The molecule has 0 radical (unpaired) electrons. The molecule has 27 heavy (non-hydrogen) atoms. The molecule has 1 aromatic carbocycles. The maximum atomic E-state index is 12.2. The average molecular weight is 369 g/mol. The van der Waals surface area contributed by atoms with Crippen molar-refractivity contribution in [1.29, 1.82) is 0 Å². The molecule has 0 saturated carbocycles. The van der Waals surface area contributed by atoms with Gasteiger partial charge in [-0.05, 0) is 5.56 Å². The molecule has 0 unspecified atom stereocenters. The molecule has 2 heterocycles. The minimum Gasteiger partial charge on any atom is -0.464 e. The summed E-state index contributed by atoms with van der Waals surface area (Å²) in [4.78, 5) is 22.9. The molecule has 3 aromatic rings. The Balaban J connectivity index is 1.48. The number of ether oxygens (including phenoxy) is 1. The number of carbonyl (C=O) groups is 2. The maximum absolute atomic E-state index is 12.2. The quantitative estimate of drug-likeness (QED) is 0.572. The molecular formula is C17H19N7O3. The summed E-state index contributed by atoms with van der Waals surface area (Å²) in [6, 6.07) is 9.78. The number of benzene rings is 1. The highest BCUT2D eigenvalue weighted by atomic mass is 16.5. The van der Waals surface area contributed by atoms with Crippen LogP contribution >= 0.6 is 0 Å². The Bertz CT molecular complexity index is 904. The summed E-state index contributed by atoms with van der Waals surface area (Å²) in [5.74, 6) is -0.688. The summed E-state index contributed by atoms with van der Waals surface area (Å²) in [5, 5.41) is 18.5. The Morgan fingerprint density at radius 3 is 2.63 bits per heavy atom. The van der Waals surface area contributed by atoms with E-state index in [4.69, 9.17) is 4.74 Å². The van der Waals surface area contributed by atoms with Crippen molar-refractivity contribution in [2.45, 2.75) is 26.6 Å². The van der Waals surface area contributed by atoms with Crippen LogP contribution in [0.1, 0.15) is 28.7 Å². The molecule has 2 aromatic heterocycles. The van der Waals surface area contributed by atoms with E-state index >= 15 is 0 Å². The van der Waals surface area contributed by atoms with Crippen molar-refractivity contribution >= 4 is 11.9 Å². The van der Waals surface area contributed by atoms with Crippen LogP contribution in [0.3, 0.4) is 0 Å². The lowest BCUT2D eigenvalue weighted by atomic mass is 10.2. The number of rotatable bonds is 8. The predicted molar refractivity (Wildman–Crippen MR) is 93.4 cm³/mol. The van der Waals surface area contributed by atoms with E-state index in [1.54, 1.807) is 21.8 Å². The molecule has 1 N–H and O–H groups in total. The van der Waals surface area contributed by atoms with Crippen molar-refractivity contribution in [2.24, 2.45) is 0 Å². The topological polar surface area (TPSA) is 117 Å². The zero-order valence-electron chi connectivity index (χ0n) is 14.8. The van der Waals surface area contributed by atoms with Gasteiger partial charge in [0.1, 0.15) is 12.3 Å². The zero-order chi connectivity index (χ0) is 19.1. The van der Waals surface area contributed by atoms with E-state index in [2.05, 4.69) is 25.9 Å². The first-order valence-corrected chi connectivity index (χ1v) is 8.35. The van der Waals surface area contributed by atoms with E-state index in [0.717, 1.165) is 5.56 Å². The number of aromatic nitrogens is 6. The van der Waals surface area contributed by atoms with Gasteiger partial charge < -0.3 is 10.1 Å². The van der Waals surface area contributed by atoms with Gasteiger partial charge in [0.2, 0.25) is 0 Å². The minimum atomic E-state index is -0.345. The summed E-state index contributed by atoms with van der Waals surface area (Å²) in [6.45, 7) is 2.71. The van der Waals surface area contributed by atoms with Gasteiger partial charge in [-0.15, -0.1) is 10.2 Å². The highest BCUT2D eigenvalue weighted by Gasteiger charge is 2.12. The van der Waals surface area contributed by atoms with E-state index in [-0.39, 0.29) is 30.7 Å². The normalized spacial score (nSPS) is 10.6. The van der Waals surface area contributed by atoms with Crippen LogP contribution in [0, 0.1) is 0 Å². The summed E-state index contributed by atoms with van der Waals surface area (Å²) in [7, 11) is 0. The second-order valence-corrected chi connectivity index (χ2v) is 5.78. The minimum absolute atomic E-state index is 0.206. The van der Waals surface area contributed by atoms with Crippen molar-refractivity contribution in [3.63, 3.8) is 0 Å². The molecular weight excluding hydrogens is 350 g/mol. The standard InChI is InChI=1S/C17H19N7O3/c1-13(25)27-8-7-23-11-15(19-21-23)9-18-17(26)16-12-24(22-20-16)10-14-5-3-2-4-6-14/h2-6,11-12H,7-10H2,1H3,(H,18,26). The van der Waals surface area contributed by atoms with Gasteiger partial charge in [-0.2, -0.15) is 0 Å². The molecule has 1 amide bonds. The van der Waals surface area contributed by atoms with E-state index in [1.165, 1.54) is 6.92 Å². The molecule has 0 aliphatic rings. The van der Waals surface area contributed by atoms with E-state index in [9.17, 15) is 9.59 Å². The van der Waals surface area contributed by atoms with Crippen LogP contribution in [0.2, 0.25) is 0 Å². The highest BCUT2D eigenvalue weighted by molar-refractivity contribution is 5.91. The molecule has 0 spiro atoms. The third-order valence-corrected chi connectivity index (χ3v) is 3.60. The van der Waals surface area contributed by atoms with Gasteiger partial charge in [0.05, 0.1) is 32.0 Å². The van der Waals surface area contributed by atoms with E-state index < -0.39 is 0 Å². The van der Waals surface area contributed by atoms with Crippen LogP contribution < -0.4 is 5.32 Å². The first-order valence-electron chi connectivity index (χ1n) is 8.35. The number of hydrogen-bond acceptors (Lipinski definition) is 7. The number of carbonyl (C=O) groups excluding carboxylic acids is 2. The molecule has 0 bridgehead atoms. The Morgan fingerprint density at radius 2 is 1.85 bits per heavy atom. The van der Waals surface area contributed by atoms with Gasteiger partial charge >= 0.3 is 5.97 Å². The molecule has 10 nitrogen and oxygen atoms in total. The lowest BCUT2D eigenvalue weighted by Crippen LogP contribution is -2.23. The summed E-state index contributed by atoms with van der Waals surface area (Å²) in [5.41, 5.74) is 1.88. The molecule has 0 saturated heterocycles.